The van der Waals surface area contributed by atoms with Crippen LogP contribution in [0.4, 0.5) is 4.39 Å². The molecule has 2 aliphatic carbocycles. The van der Waals surface area contributed by atoms with Gasteiger partial charge in [0.1, 0.15) is 5.82 Å². The lowest BCUT2D eigenvalue weighted by Crippen LogP contribution is -2.09. The minimum Gasteiger partial charge on any atom is -0.476 e. The van der Waals surface area contributed by atoms with Gasteiger partial charge >= 0.3 is 5.97 Å². The summed E-state index contributed by atoms with van der Waals surface area (Å²) in [5.74, 6) is -0.421. The maximum absolute atomic E-state index is 13.0. The van der Waals surface area contributed by atoms with Crippen molar-refractivity contribution in [2.45, 2.75) is 37.6 Å². The first-order chi connectivity index (χ1) is 10.1. The van der Waals surface area contributed by atoms with Crippen LogP contribution in [0.15, 0.2) is 24.3 Å². The van der Waals surface area contributed by atoms with Gasteiger partial charge in [-0.25, -0.2) is 9.18 Å². The third kappa shape index (κ3) is 1.87. The van der Waals surface area contributed by atoms with E-state index in [2.05, 4.69) is 5.10 Å². The first-order valence-electron chi connectivity index (χ1n) is 7.22. The molecule has 0 saturated heterocycles. The van der Waals surface area contributed by atoms with Gasteiger partial charge < -0.3 is 5.11 Å². The average molecular weight is 286 g/mol. The molecule has 1 saturated carbocycles. The van der Waals surface area contributed by atoms with E-state index in [0.29, 0.717) is 18.4 Å². The predicted molar refractivity (Wildman–Crippen MR) is 74.0 cm³/mol. The molecule has 0 spiro atoms. The highest BCUT2D eigenvalue weighted by Crippen LogP contribution is 2.54. The summed E-state index contributed by atoms with van der Waals surface area (Å²) >= 11 is 0. The Kier molecular flexibility index (Phi) is 2.64. The molecule has 1 aromatic heterocycles. The number of rotatable bonds is 3. The van der Waals surface area contributed by atoms with Gasteiger partial charge in [0.15, 0.2) is 5.69 Å². The number of fused-ring (bicyclic) bond motifs is 5. The average Bonchev–Trinajstić information content (AvgIpc) is 3.13. The van der Waals surface area contributed by atoms with Crippen LogP contribution >= 0.6 is 0 Å². The fraction of sp³-hybridized carbons (Fsp3) is 0.375. The standard InChI is InChI=1S/C16H15FN2O2/c17-12-5-1-9(2-6-12)8-19-15-11-4-3-10(7-11)13(15)14(18-19)16(20)21/h1-2,5-6,10-11H,3-4,7-8H2,(H,20,21). The summed E-state index contributed by atoms with van der Waals surface area (Å²) in [5, 5.41) is 13.7. The molecule has 4 rings (SSSR count). The molecule has 2 aromatic rings. The summed E-state index contributed by atoms with van der Waals surface area (Å²) in [7, 11) is 0. The highest BCUT2D eigenvalue weighted by molar-refractivity contribution is 5.88. The molecule has 2 aliphatic rings. The third-order valence-electron chi connectivity index (χ3n) is 4.71. The van der Waals surface area contributed by atoms with Crippen molar-refractivity contribution in [1.82, 2.24) is 9.78 Å². The lowest BCUT2D eigenvalue weighted by molar-refractivity contribution is 0.0688. The fourth-order valence-electron chi connectivity index (χ4n) is 3.86. The molecule has 0 aliphatic heterocycles. The van der Waals surface area contributed by atoms with E-state index < -0.39 is 5.97 Å². The topological polar surface area (TPSA) is 55.1 Å². The molecule has 2 bridgehead atoms. The Morgan fingerprint density at radius 2 is 2.00 bits per heavy atom. The van der Waals surface area contributed by atoms with Crippen molar-refractivity contribution in [2.24, 2.45) is 0 Å². The van der Waals surface area contributed by atoms with Crippen LogP contribution in [0.1, 0.15) is 58.4 Å². The maximum atomic E-state index is 13.0. The molecule has 5 heteroatoms. The number of hydrogen-bond donors (Lipinski definition) is 1. The number of nitrogens with zero attached hydrogens (tertiary/aromatic N) is 2. The van der Waals surface area contributed by atoms with E-state index in [1.165, 1.54) is 12.1 Å². The van der Waals surface area contributed by atoms with E-state index >= 15 is 0 Å². The fourth-order valence-corrected chi connectivity index (χ4v) is 3.86. The Labute approximate surface area is 121 Å². The molecule has 1 fully saturated rings. The first kappa shape index (κ1) is 12.6. The van der Waals surface area contributed by atoms with Gasteiger partial charge in [-0.3, -0.25) is 4.68 Å². The number of carboxylic acids is 1. The molecule has 1 N–H and O–H groups in total. The SMILES string of the molecule is O=C(O)c1nn(Cc2ccc(F)cc2)c2c1C1CCC2C1. The molecular formula is C16H15FN2O2. The number of hydrogen-bond acceptors (Lipinski definition) is 2. The molecule has 2 unspecified atom stereocenters. The van der Waals surface area contributed by atoms with Gasteiger partial charge in [0.2, 0.25) is 0 Å². The van der Waals surface area contributed by atoms with Gasteiger partial charge in [0, 0.05) is 17.2 Å². The number of aromatic carboxylic acids is 1. The van der Waals surface area contributed by atoms with Crippen molar-refractivity contribution < 1.29 is 14.3 Å². The van der Waals surface area contributed by atoms with Crippen LogP contribution in [0.25, 0.3) is 0 Å². The lowest BCUT2D eigenvalue weighted by Gasteiger charge is -2.13. The van der Waals surface area contributed by atoms with E-state index in [4.69, 9.17) is 0 Å². The highest BCUT2D eigenvalue weighted by atomic mass is 19.1. The van der Waals surface area contributed by atoms with E-state index in [1.54, 1.807) is 12.1 Å². The number of carbonyl (C=O) groups is 1. The molecule has 108 valence electrons. The van der Waals surface area contributed by atoms with Crippen molar-refractivity contribution in [3.63, 3.8) is 0 Å². The van der Waals surface area contributed by atoms with Crippen LogP contribution < -0.4 is 0 Å². The van der Waals surface area contributed by atoms with Gasteiger partial charge in [-0.05, 0) is 42.9 Å². The van der Waals surface area contributed by atoms with Gasteiger partial charge in [0.05, 0.1) is 6.54 Å². The summed E-state index contributed by atoms with van der Waals surface area (Å²) in [6.45, 7) is 0.499. The number of halogens is 1. The molecular weight excluding hydrogens is 271 g/mol. The quantitative estimate of drug-likeness (QED) is 0.943. The summed E-state index contributed by atoms with van der Waals surface area (Å²) in [4.78, 5) is 11.4. The summed E-state index contributed by atoms with van der Waals surface area (Å²) in [5.41, 5.74) is 3.18. The number of carboxylic acid groups (broad SMARTS) is 1. The Morgan fingerprint density at radius 3 is 2.71 bits per heavy atom. The van der Waals surface area contributed by atoms with Crippen molar-refractivity contribution in [3.8, 4) is 0 Å². The van der Waals surface area contributed by atoms with Crippen molar-refractivity contribution in [2.75, 3.05) is 0 Å². The van der Waals surface area contributed by atoms with Crippen LogP contribution in [0, 0.1) is 5.82 Å². The summed E-state index contributed by atoms with van der Waals surface area (Å²) in [6, 6.07) is 6.28. The van der Waals surface area contributed by atoms with Crippen molar-refractivity contribution in [1.29, 1.82) is 0 Å². The smallest absolute Gasteiger partial charge is 0.356 e. The third-order valence-corrected chi connectivity index (χ3v) is 4.71. The predicted octanol–water partition coefficient (Wildman–Crippen LogP) is 3.13. The summed E-state index contributed by atoms with van der Waals surface area (Å²) in [6.07, 6.45) is 3.24. The van der Waals surface area contributed by atoms with E-state index in [0.717, 1.165) is 36.1 Å². The van der Waals surface area contributed by atoms with Gasteiger partial charge in [-0.1, -0.05) is 12.1 Å². The van der Waals surface area contributed by atoms with Crippen LogP contribution in [-0.2, 0) is 6.54 Å². The van der Waals surface area contributed by atoms with Gasteiger partial charge in [-0.15, -0.1) is 0 Å². The molecule has 21 heavy (non-hydrogen) atoms. The van der Waals surface area contributed by atoms with Crippen molar-refractivity contribution >= 4 is 5.97 Å². The molecule has 1 heterocycles. The zero-order chi connectivity index (χ0) is 14.6. The Bertz CT molecular complexity index is 721. The first-order valence-corrected chi connectivity index (χ1v) is 7.22. The normalized spacial score (nSPS) is 22.5. The Hall–Kier alpha value is -2.17. The Morgan fingerprint density at radius 1 is 1.29 bits per heavy atom. The minimum absolute atomic E-state index is 0.208. The zero-order valence-electron chi connectivity index (χ0n) is 11.4. The summed E-state index contributed by atoms with van der Waals surface area (Å²) < 4.78 is 14.8. The number of aromatic nitrogens is 2. The second-order valence-corrected chi connectivity index (χ2v) is 5.94. The molecule has 2 atom stereocenters. The second kappa shape index (κ2) is 4.41. The molecule has 4 nitrogen and oxygen atoms in total. The van der Waals surface area contributed by atoms with Gasteiger partial charge in [0.25, 0.3) is 0 Å². The van der Waals surface area contributed by atoms with E-state index in [9.17, 15) is 14.3 Å². The van der Waals surface area contributed by atoms with Crippen LogP contribution in [0.5, 0.6) is 0 Å². The van der Waals surface area contributed by atoms with Crippen LogP contribution in [0.2, 0.25) is 0 Å². The van der Waals surface area contributed by atoms with Gasteiger partial charge in [-0.2, -0.15) is 5.10 Å². The number of benzene rings is 1. The zero-order valence-corrected chi connectivity index (χ0v) is 11.4. The largest absolute Gasteiger partial charge is 0.476 e. The van der Waals surface area contributed by atoms with Crippen molar-refractivity contribution in [3.05, 3.63) is 52.6 Å². The maximum Gasteiger partial charge on any atom is 0.356 e. The molecule has 0 amide bonds. The Balaban J connectivity index is 1.76. The van der Waals surface area contributed by atoms with E-state index in [1.807, 2.05) is 4.68 Å². The molecule has 1 aromatic carbocycles. The minimum atomic E-state index is -0.948. The molecule has 0 radical (unpaired) electrons. The van der Waals surface area contributed by atoms with Crippen LogP contribution in [-0.4, -0.2) is 20.9 Å². The monoisotopic (exact) mass is 286 g/mol. The highest BCUT2D eigenvalue weighted by Gasteiger charge is 2.43. The second-order valence-electron chi connectivity index (χ2n) is 5.94. The lowest BCUT2D eigenvalue weighted by atomic mass is 9.95. The van der Waals surface area contributed by atoms with Crippen LogP contribution in [0.3, 0.4) is 0 Å². The van der Waals surface area contributed by atoms with E-state index in [-0.39, 0.29) is 11.5 Å².